The van der Waals surface area contributed by atoms with Crippen molar-refractivity contribution in [3.8, 4) is 0 Å². The first kappa shape index (κ1) is 10.0. The molecule has 0 saturated carbocycles. The van der Waals surface area contributed by atoms with Crippen LogP contribution in [0.2, 0.25) is 0 Å². The van der Waals surface area contributed by atoms with Crippen molar-refractivity contribution < 1.29 is 0 Å². The van der Waals surface area contributed by atoms with Crippen LogP contribution in [-0.2, 0) is 6.42 Å². The smallest absolute Gasteiger partial charge is 0.0402 e. The van der Waals surface area contributed by atoms with E-state index in [4.69, 9.17) is 0 Å². The van der Waals surface area contributed by atoms with Crippen LogP contribution in [0.25, 0.3) is 0 Å². The van der Waals surface area contributed by atoms with Gasteiger partial charge in [0.2, 0.25) is 0 Å². The Kier molecular flexibility index (Phi) is 3.12. The van der Waals surface area contributed by atoms with Gasteiger partial charge in [0.15, 0.2) is 0 Å². The van der Waals surface area contributed by atoms with Crippen LogP contribution >= 0.6 is 15.9 Å². The summed E-state index contributed by atoms with van der Waals surface area (Å²) < 4.78 is 0. The van der Waals surface area contributed by atoms with Gasteiger partial charge in [0.25, 0.3) is 0 Å². The van der Waals surface area contributed by atoms with Crippen molar-refractivity contribution in [3.63, 3.8) is 0 Å². The van der Waals surface area contributed by atoms with Gasteiger partial charge in [-0.05, 0) is 31.4 Å². The first-order valence-electron chi connectivity index (χ1n) is 5.23. The van der Waals surface area contributed by atoms with Crippen LogP contribution in [0.4, 0.5) is 5.69 Å². The molecule has 0 aromatic heterocycles. The molecule has 0 saturated heterocycles. The highest BCUT2D eigenvalue weighted by Crippen LogP contribution is 2.31. The summed E-state index contributed by atoms with van der Waals surface area (Å²) in [4.78, 5) is 2.52. The van der Waals surface area contributed by atoms with E-state index < -0.39 is 0 Å². The molecule has 1 unspecified atom stereocenters. The highest BCUT2D eigenvalue weighted by Gasteiger charge is 2.24. The molecule has 0 radical (unpaired) electrons. The average molecular weight is 254 g/mol. The number of nitrogens with zero attached hydrogens (tertiary/aromatic N) is 1. The van der Waals surface area contributed by atoms with Gasteiger partial charge in [0.1, 0.15) is 0 Å². The summed E-state index contributed by atoms with van der Waals surface area (Å²) in [5.41, 5.74) is 2.95. The van der Waals surface area contributed by atoms with E-state index in [0.717, 1.165) is 5.33 Å². The Morgan fingerprint density at radius 2 is 2.21 bits per heavy atom. The second-order valence-corrected chi connectivity index (χ2v) is 4.71. The first-order valence-corrected chi connectivity index (χ1v) is 6.35. The van der Waals surface area contributed by atoms with Gasteiger partial charge in [-0.2, -0.15) is 0 Å². The maximum atomic E-state index is 3.49. The van der Waals surface area contributed by atoms with E-state index >= 15 is 0 Å². The van der Waals surface area contributed by atoms with Crippen LogP contribution in [-0.4, -0.2) is 17.9 Å². The zero-order valence-corrected chi connectivity index (χ0v) is 10.1. The minimum Gasteiger partial charge on any atom is -0.368 e. The van der Waals surface area contributed by atoms with E-state index in [9.17, 15) is 0 Å². The molecule has 2 rings (SSSR count). The molecule has 1 aliphatic heterocycles. The van der Waals surface area contributed by atoms with Crippen molar-refractivity contribution in [3.05, 3.63) is 29.8 Å². The summed E-state index contributed by atoms with van der Waals surface area (Å²) in [5, 5.41) is 1.10. The van der Waals surface area contributed by atoms with E-state index in [-0.39, 0.29) is 0 Å². The number of benzene rings is 1. The Labute approximate surface area is 94.2 Å². The normalized spacial score (nSPS) is 19.9. The highest BCUT2D eigenvalue weighted by molar-refractivity contribution is 9.09. The van der Waals surface area contributed by atoms with Crippen LogP contribution < -0.4 is 4.90 Å². The molecule has 0 spiro atoms. The Morgan fingerprint density at radius 3 is 3.00 bits per heavy atom. The quantitative estimate of drug-likeness (QED) is 0.748. The molecule has 1 aromatic carbocycles. The molecular weight excluding hydrogens is 238 g/mol. The summed E-state index contributed by atoms with van der Waals surface area (Å²) in [5.74, 6) is 0. The number of hydrogen-bond donors (Lipinski definition) is 0. The van der Waals surface area contributed by atoms with Gasteiger partial charge < -0.3 is 4.90 Å². The molecule has 0 N–H and O–H groups in total. The fourth-order valence-corrected chi connectivity index (χ4v) is 2.45. The SMILES string of the molecule is CC1Cc2ccccc2N1CCCBr. The predicted molar refractivity (Wildman–Crippen MR) is 65.4 cm³/mol. The van der Waals surface area contributed by atoms with Gasteiger partial charge in [-0.1, -0.05) is 34.1 Å². The zero-order chi connectivity index (χ0) is 9.97. The number of rotatable bonds is 3. The van der Waals surface area contributed by atoms with Crippen molar-refractivity contribution in [2.75, 3.05) is 16.8 Å². The van der Waals surface area contributed by atoms with Crippen molar-refractivity contribution in [1.29, 1.82) is 0 Å². The van der Waals surface area contributed by atoms with E-state index in [2.05, 4.69) is 52.0 Å². The number of anilines is 1. The van der Waals surface area contributed by atoms with Gasteiger partial charge in [-0.25, -0.2) is 0 Å². The number of halogens is 1. The lowest BCUT2D eigenvalue weighted by molar-refractivity contribution is 0.666. The van der Waals surface area contributed by atoms with Gasteiger partial charge in [0, 0.05) is 23.6 Å². The van der Waals surface area contributed by atoms with Crippen LogP contribution in [0.3, 0.4) is 0 Å². The molecule has 1 aromatic rings. The Balaban J connectivity index is 2.17. The number of hydrogen-bond acceptors (Lipinski definition) is 1. The minimum absolute atomic E-state index is 0.673. The lowest BCUT2D eigenvalue weighted by Gasteiger charge is -2.24. The molecule has 1 nitrogen and oxygen atoms in total. The molecule has 0 aliphatic carbocycles. The molecule has 0 bridgehead atoms. The third-order valence-corrected chi connectivity index (χ3v) is 3.44. The second-order valence-electron chi connectivity index (χ2n) is 3.92. The van der Waals surface area contributed by atoms with Crippen molar-refractivity contribution in [2.45, 2.75) is 25.8 Å². The molecule has 1 aliphatic rings. The molecule has 1 heterocycles. The van der Waals surface area contributed by atoms with Crippen molar-refractivity contribution >= 4 is 21.6 Å². The van der Waals surface area contributed by atoms with E-state index in [1.54, 1.807) is 0 Å². The lowest BCUT2D eigenvalue weighted by atomic mass is 10.1. The van der Waals surface area contributed by atoms with Crippen molar-refractivity contribution in [2.24, 2.45) is 0 Å². The number of para-hydroxylation sites is 1. The summed E-state index contributed by atoms with van der Waals surface area (Å²) in [6.45, 7) is 3.48. The maximum absolute atomic E-state index is 3.49. The monoisotopic (exact) mass is 253 g/mol. The largest absolute Gasteiger partial charge is 0.368 e. The molecule has 0 amide bonds. The van der Waals surface area contributed by atoms with E-state index in [1.165, 1.54) is 30.6 Å². The van der Waals surface area contributed by atoms with E-state index in [0.29, 0.717) is 6.04 Å². The number of fused-ring (bicyclic) bond motifs is 1. The molecular formula is C12H16BrN. The molecule has 76 valence electrons. The molecule has 1 atom stereocenters. The summed E-state index contributed by atoms with van der Waals surface area (Å²) in [7, 11) is 0. The third kappa shape index (κ3) is 1.81. The Hall–Kier alpha value is -0.500. The van der Waals surface area contributed by atoms with Gasteiger partial charge >= 0.3 is 0 Å². The van der Waals surface area contributed by atoms with Crippen LogP contribution in [0, 0.1) is 0 Å². The second kappa shape index (κ2) is 4.35. The van der Waals surface area contributed by atoms with Crippen molar-refractivity contribution in [1.82, 2.24) is 0 Å². The standard InChI is InChI=1S/C12H16BrN/c1-10-9-11-5-2-3-6-12(11)14(10)8-4-7-13/h2-3,5-6,10H,4,7-9H2,1H3. The van der Waals surface area contributed by atoms with Crippen LogP contribution in [0.15, 0.2) is 24.3 Å². The topological polar surface area (TPSA) is 3.24 Å². The first-order chi connectivity index (χ1) is 6.83. The lowest BCUT2D eigenvalue weighted by Crippen LogP contribution is -2.30. The Bertz CT molecular complexity index is 311. The zero-order valence-electron chi connectivity index (χ0n) is 8.54. The number of alkyl halides is 1. The predicted octanol–water partition coefficient (Wildman–Crippen LogP) is 3.22. The maximum Gasteiger partial charge on any atom is 0.0402 e. The summed E-state index contributed by atoms with van der Waals surface area (Å²) in [6, 6.07) is 9.44. The Morgan fingerprint density at radius 1 is 1.43 bits per heavy atom. The fraction of sp³-hybridized carbons (Fsp3) is 0.500. The van der Waals surface area contributed by atoms with Crippen LogP contribution in [0.1, 0.15) is 18.9 Å². The van der Waals surface area contributed by atoms with Crippen LogP contribution in [0.5, 0.6) is 0 Å². The highest BCUT2D eigenvalue weighted by atomic mass is 79.9. The van der Waals surface area contributed by atoms with Gasteiger partial charge in [0.05, 0.1) is 0 Å². The summed E-state index contributed by atoms with van der Waals surface area (Å²) in [6.07, 6.45) is 2.43. The molecule has 14 heavy (non-hydrogen) atoms. The summed E-state index contributed by atoms with van der Waals surface area (Å²) >= 11 is 3.49. The molecule has 2 heteroatoms. The van der Waals surface area contributed by atoms with Gasteiger partial charge in [-0.3, -0.25) is 0 Å². The van der Waals surface area contributed by atoms with Gasteiger partial charge in [-0.15, -0.1) is 0 Å². The average Bonchev–Trinajstić information content (AvgIpc) is 2.51. The minimum atomic E-state index is 0.673. The molecule has 0 fully saturated rings. The fourth-order valence-electron chi connectivity index (χ4n) is 2.20. The third-order valence-electron chi connectivity index (χ3n) is 2.88. The van der Waals surface area contributed by atoms with E-state index in [1.807, 2.05) is 0 Å².